The van der Waals surface area contributed by atoms with E-state index < -0.39 is 0 Å². The molecule has 0 radical (unpaired) electrons. The van der Waals surface area contributed by atoms with Gasteiger partial charge in [0.2, 0.25) is 5.91 Å². The molecule has 1 aromatic heterocycles. The molecule has 1 N–H and O–H groups in total. The first-order chi connectivity index (χ1) is 10.1. The molecule has 0 bridgehead atoms. The molecule has 2 rings (SSSR count). The average Bonchev–Trinajstić information content (AvgIpc) is 2.53. The molecular weight excluding hydrogens is 274 g/mol. The van der Waals surface area contributed by atoms with Crippen molar-refractivity contribution >= 4 is 11.8 Å². The van der Waals surface area contributed by atoms with Crippen molar-refractivity contribution in [1.29, 1.82) is 0 Å². The largest absolute Gasteiger partial charge is 0.497 e. The van der Waals surface area contributed by atoms with Crippen LogP contribution in [0.25, 0.3) is 0 Å². The first-order valence-electron chi connectivity index (χ1n) is 6.75. The molecule has 1 aliphatic heterocycles. The number of nitrogens with zero attached hydrogens (tertiary/aromatic N) is 2. The Morgan fingerprint density at radius 3 is 3.10 bits per heavy atom. The molecule has 21 heavy (non-hydrogen) atoms. The van der Waals surface area contributed by atoms with Gasteiger partial charge < -0.3 is 19.7 Å². The van der Waals surface area contributed by atoms with Gasteiger partial charge in [0.25, 0.3) is 5.91 Å². The number of morpholine rings is 1. The van der Waals surface area contributed by atoms with Crippen LogP contribution < -0.4 is 10.1 Å². The van der Waals surface area contributed by atoms with Gasteiger partial charge in [-0.25, -0.2) is 0 Å². The SMILES string of the molecule is COc1ccnc(C(=O)NC[C@H]2CN(C(C)=O)CCO2)c1. The number of amides is 2. The first-order valence-corrected chi connectivity index (χ1v) is 6.75. The predicted molar refractivity (Wildman–Crippen MR) is 75.1 cm³/mol. The Labute approximate surface area is 123 Å². The summed E-state index contributed by atoms with van der Waals surface area (Å²) in [4.78, 5) is 29.0. The van der Waals surface area contributed by atoms with Crippen molar-refractivity contribution in [3.63, 3.8) is 0 Å². The molecule has 0 saturated carbocycles. The van der Waals surface area contributed by atoms with Gasteiger partial charge in [0.1, 0.15) is 11.4 Å². The summed E-state index contributed by atoms with van der Waals surface area (Å²) >= 11 is 0. The van der Waals surface area contributed by atoms with Crippen molar-refractivity contribution in [2.45, 2.75) is 13.0 Å². The van der Waals surface area contributed by atoms with E-state index in [1.165, 1.54) is 20.2 Å². The number of aromatic nitrogens is 1. The van der Waals surface area contributed by atoms with Crippen molar-refractivity contribution in [3.8, 4) is 5.75 Å². The van der Waals surface area contributed by atoms with Crippen LogP contribution in [-0.4, -0.2) is 61.2 Å². The Bertz CT molecular complexity index is 521. The van der Waals surface area contributed by atoms with Crippen LogP contribution in [-0.2, 0) is 9.53 Å². The molecule has 0 unspecified atom stereocenters. The molecule has 2 heterocycles. The van der Waals surface area contributed by atoms with Crippen molar-refractivity contribution < 1.29 is 19.1 Å². The van der Waals surface area contributed by atoms with E-state index in [4.69, 9.17) is 9.47 Å². The zero-order chi connectivity index (χ0) is 15.2. The normalized spacial score (nSPS) is 18.2. The molecule has 2 amide bonds. The maximum absolute atomic E-state index is 12.0. The fraction of sp³-hybridized carbons (Fsp3) is 0.500. The molecule has 114 valence electrons. The molecule has 0 aliphatic carbocycles. The fourth-order valence-electron chi connectivity index (χ4n) is 2.09. The number of methoxy groups -OCH3 is 1. The Balaban J connectivity index is 1.87. The lowest BCUT2D eigenvalue weighted by Gasteiger charge is -2.32. The molecule has 0 aromatic carbocycles. The summed E-state index contributed by atoms with van der Waals surface area (Å²) in [7, 11) is 1.53. The van der Waals surface area contributed by atoms with Gasteiger partial charge in [0.05, 0.1) is 19.8 Å². The smallest absolute Gasteiger partial charge is 0.270 e. The second kappa shape index (κ2) is 7.03. The summed E-state index contributed by atoms with van der Waals surface area (Å²) in [5, 5.41) is 2.76. The summed E-state index contributed by atoms with van der Waals surface area (Å²) in [5.74, 6) is 0.299. The Hall–Kier alpha value is -2.15. The van der Waals surface area contributed by atoms with Crippen LogP contribution in [0.2, 0.25) is 0 Å². The van der Waals surface area contributed by atoms with Crippen LogP contribution in [0.15, 0.2) is 18.3 Å². The molecule has 7 heteroatoms. The molecule has 1 fully saturated rings. The van der Waals surface area contributed by atoms with E-state index in [0.717, 1.165) is 0 Å². The van der Waals surface area contributed by atoms with E-state index in [2.05, 4.69) is 10.3 Å². The topological polar surface area (TPSA) is 80.8 Å². The molecular formula is C14H19N3O4. The summed E-state index contributed by atoms with van der Waals surface area (Å²) in [6, 6.07) is 3.24. The van der Waals surface area contributed by atoms with Crippen molar-refractivity contribution in [2.24, 2.45) is 0 Å². The van der Waals surface area contributed by atoms with Crippen LogP contribution in [0, 0.1) is 0 Å². The first kappa shape index (κ1) is 15.2. The minimum atomic E-state index is -0.294. The molecule has 7 nitrogen and oxygen atoms in total. The summed E-state index contributed by atoms with van der Waals surface area (Å²) in [6.45, 7) is 3.43. The van der Waals surface area contributed by atoms with E-state index in [9.17, 15) is 9.59 Å². The lowest BCUT2D eigenvalue weighted by Crippen LogP contribution is -2.49. The van der Waals surface area contributed by atoms with E-state index >= 15 is 0 Å². The van der Waals surface area contributed by atoms with Crippen LogP contribution in [0.4, 0.5) is 0 Å². The van der Waals surface area contributed by atoms with Gasteiger partial charge in [-0.2, -0.15) is 0 Å². The standard InChI is InChI=1S/C14H19N3O4/c1-10(18)17-5-6-21-12(9-17)8-16-14(19)13-7-11(20-2)3-4-15-13/h3-4,7,12H,5-6,8-9H2,1-2H3,(H,16,19)/t12-/m0/s1. The number of carbonyl (C=O) groups is 2. The van der Waals surface area contributed by atoms with E-state index in [0.29, 0.717) is 32.0 Å². The molecule has 1 atom stereocenters. The maximum Gasteiger partial charge on any atom is 0.270 e. The summed E-state index contributed by atoms with van der Waals surface area (Å²) in [6.07, 6.45) is 1.32. The number of hydrogen-bond donors (Lipinski definition) is 1. The Morgan fingerprint density at radius 2 is 2.38 bits per heavy atom. The van der Waals surface area contributed by atoms with Crippen LogP contribution >= 0.6 is 0 Å². The van der Waals surface area contributed by atoms with Crippen molar-refractivity contribution in [3.05, 3.63) is 24.0 Å². The van der Waals surface area contributed by atoms with Gasteiger partial charge in [-0.3, -0.25) is 14.6 Å². The minimum absolute atomic E-state index is 0.0177. The quantitative estimate of drug-likeness (QED) is 0.849. The van der Waals surface area contributed by atoms with Crippen molar-refractivity contribution in [1.82, 2.24) is 15.2 Å². The lowest BCUT2D eigenvalue weighted by atomic mass is 10.2. The lowest BCUT2D eigenvalue weighted by molar-refractivity contribution is -0.136. The summed E-state index contributed by atoms with van der Waals surface area (Å²) in [5.41, 5.74) is 0.286. The molecule has 1 aromatic rings. The minimum Gasteiger partial charge on any atom is -0.497 e. The highest BCUT2D eigenvalue weighted by atomic mass is 16.5. The monoisotopic (exact) mass is 293 g/mol. The van der Waals surface area contributed by atoms with Gasteiger partial charge in [0.15, 0.2) is 0 Å². The van der Waals surface area contributed by atoms with Gasteiger partial charge in [-0.1, -0.05) is 0 Å². The zero-order valence-corrected chi connectivity index (χ0v) is 12.2. The third-order valence-corrected chi connectivity index (χ3v) is 3.27. The second-order valence-electron chi connectivity index (χ2n) is 4.75. The highest BCUT2D eigenvalue weighted by molar-refractivity contribution is 5.92. The van der Waals surface area contributed by atoms with Crippen LogP contribution in [0.3, 0.4) is 0 Å². The fourth-order valence-corrected chi connectivity index (χ4v) is 2.09. The number of ether oxygens (including phenoxy) is 2. The van der Waals surface area contributed by atoms with Crippen LogP contribution in [0.5, 0.6) is 5.75 Å². The highest BCUT2D eigenvalue weighted by Gasteiger charge is 2.22. The summed E-state index contributed by atoms with van der Waals surface area (Å²) < 4.78 is 10.6. The predicted octanol–water partition coefficient (Wildman–Crippen LogP) is 0.0673. The third-order valence-electron chi connectivity index (χ3n) is 3.27. The van der Waals surface area contributed by atoms with E-state index in [-0.39, 0.29) is 23.6 Å². The van der Waals surface area contributed by atoms with Gasteiger partial charge in [-0.15, -0.1) is 0 Å². The average molecular weight is 293 g/mol. The number of hydrogen-bond acceptors (Lipinski definition) is 5. The second-order valence-corrected chi connectivity index (χ2v) is 4.75. The maximum atomic E-state index is 12.0. The van der Waals surface area contributed by atoms with Gasteiger partial charge in [-0.05, 0) is 6.07 Å². The van der Waals surface area contributed by atoms with E-state index in [1.54, 1.807) is 17.0 Å². The Morgan fingerprint density at radius 1 is 1.57 bits per heavy atom. The zero-order valence-electron chi connectivity index (χ0n) is 12.2. The van der Waals surface area contributed by atoms with E-state index in [1.807, 2.05) is 0 Å². The number of rotatable bonds is 4. The van der Waals surface area contributed by atoms with Gasteiger partial charge in [0, 0.05) is 38.8 Å². The molecule has 0 spiro atoms. The number of nitrogens with one attached hydrogen (secondary N) is 1. The van der Waals surface area contributed by atoms with Crippen molar-refractivity contribution in [2.75, 3.05) is 33.4 Å². The van der Waals surface area contributed by atoms with Crippen LogP contribution in [0.1, 0.15) is 17.4 Å². The number of carbonyl (C=O) groups excluding carboxylic acids is 2. The Kier molecular flexibility index (Phi) is 5.10. The highest BCUT2D eigenvalue weighted by Crippen LogP contribution is 2.10. The van der Waals surface area contributed by atoms with Gasteiger partial charge >= 0.3 is 0 Å². The third kappa shape index (κ3) is 4.16. The number of pyridine rings is 1. The molecule has 1 aliphatic rings. The molecule has 1 saturated heterocycles.